The van der Waals surface area contributed by atoms with E-state index in [9.17, 15) is 18.0 Å². The molecule has 0 atom stereocenters. The van der Waals surface area contributed by atoms with Crippen LogP contribution >= 0.6 is 0 Å². The van der Waals surface area contributed by atoms with Crippen LogP contribution in [-0.2, 0) is 19.4 Å². The second-order valence-corrected chi connectivity index (χ2v) is 8.38. The lowest BCUT2D eigenvalue weighted by Crippen LogP contribution is -2.23. The molecule has 0 aliphatic carbocycles. The van der Waals surface area contributed by atoms with E-state index in [0.717, 1.165) is 30.5 Å². The van der Waals surface area contributed by atoms with Crippen molar-refractivity contribution in [3.63, 3.8) is 0 Å². The Morgan fingerprint density at radius 2 is 1.89 bits per heavy atom. The van der Waals surface area contributed by atoms with Crippen LogP contribution in [0.1, 0.15) is 18.4 Å². The number of rotatable bonds is 5. The van der Waals surface area contributed by atoms with E-state index in [1.165, 1.54) is 18.2 Å². The van der Waals surface area contributed by atoms with Crippen LogP contribution in [0.15, 0.2) is 59.5 Å². The molecular formula is C20H20N2O4S. The van der Waals surface area contributed by atoms with E-state index >= 15 is 0 Å². The fraction of sp³-hybridized carbons (Fsp3) is 0.200. The average molecular weight is 384 g/mol. The van der Waals surface area contributed by atoms with Crippen LogP contribution in [0.2, 0.25) is 0 Å². The largest absolute Gasteiger partial charge is 0.322 e. The van der Waals surface area contributed by atoms with Crippen LogP contribution < -0.4 is 10.2 Å². The maximum Gasteiger partial charge on any atom is 0.248 e. The topological polar surface area (TPSA) is 83.6 Å². The van der Waals surface area contributed by atoms with Crippen molar-refractivity contribution in [2.75, 3.05) is 23.0 Å². The minimum atomic E-state index is -3.33. The van der Waals surface area contributed by atoms with Gasteiger partial charge < -0.3 is 10.2 Å². The van der Waals surface area contributed by atoms with Crippen molar-refractivity contribution in [3.8, 4) is 0 Å². The number of hydrogen-bond donors (Lipinski definition) is 1. The molecule has 0 unspecified atom stereocenters. The quantitative estimate of drug-likeness (QED) is 0.804. The van der Waals surface area contributed by atoms with Crippen molar-refractivity contribution in [2.24, 2.45) is 0 Å². The number of nitrogens with zero attached hydrogens (tertiary/aromatic N) is 1. The summed E-state index contributed by atoms with van der Waals surface area (Å²) in [4.78, 5) is 25.7. The Morgan fingerprint density at radius 3 is 2.52 bits per heavy atom. The first-order chi connectivity index (χ1) is 12.8. The van der Waals surface area contributed by atoms with Gasteiger partial charge in [-0.05, 0) is 48.4 Å². The maximum absolute atomic E-state index is 12.1. The number of carbonyl (C=O) groups is 2. The van der Waals surface area contributed by atoms with Crippen LogP contribution in [0.3, 0.4) is 0 Å². The molecule has 1 heterocycles. The number of amides is 2. The van der Waals surface area contributed by atoms with Crippen molar-refractivity contribution in [2.45, 2.75) is 17.7 Å². The number of nitrogens with one attached hydrogen (secondary N) is 1. The van der Waals surface area contributed by atoms with Gasteiger partial charge >= 0.3 is 0 Å². The van der Waals surface area contributed by atoms with Gasteiger partial charge in [-0.3, -0.25) is 9.59 Å². The zero-order chi connectivity index (χ0) is 19.4. The Kier molecular flexibility index (Phi) is 5.41. The van der Waals surface area contributed by atoms with E-state index in [1.807, 2.05) is 24.3 Å². The highest BCUT2D eigenvalue weighted by atomic mass is 32.2. The molecule has 0 bridgehead atoms. The summed E-state index contributed by atoms with van der Waals surface area (Å²) in [6, 6.07) is 13.5. The van der Waals surface area contributed by atoms with Crippen molar-refractivity contribution in [1.29, 1.82) is 0 Å². The number of anilines is 2. The summed E-state index contributed by atoms with van der Waals surface area (Å²) in [6.45, 7) is 0.739. The Labute approximate surface area is 158 Å². The molecule has 3 rings (SSSR count). The molecule has 0 aromatic heterocycles. The monoisotopic (exact) mass is 384 g/mol. The summed E-state index contributed by atoms with van der Waals surface area (Å²) in [7, 11) is -3.33. The average Bonchev–Trinajstić information content (AvgIpc) is 3.06. The van der Waals surface area contributed by atoms with E-state index in [4.69, 9.17) is 0 Å². The molecule has 1 N–H and O–H groups in total. The Bertz CT molecular complexity index is 995. The SMILES string of the molecule is CS(=O)(=O)c1cccc(NC(=O)/C=C/c2ccc(N3CCCC3=O)cc2)c1. The first kappa shape index (κ1) is 18.8. The van der Waals surface area contributed by atoms with Gasteiger partial charge in [-0.25, -0.2) is 8.42 Å². The molecule has 6 nitrogen and oxygen atoms in total. The fourth-order valence-electron chi connectivity index (χ4n) is 2.85. The molecule has 27 heavy (non-hydrogen) atoms. The van der Waals surface area contributed by atoms with Gasteiger partial charge in [-0.1, -0.05) is 18.2 Å². The highest BCUT2D eigenvalue weighted by Gasteiger charge is 2.21. The second kappa shape index (κ2) is 7.75. The summed E-state index contributed by atoms with van der Waals surface area (Å²) < 4.78 is 23.1. The summed E-state index contributed by atoms with van der Waals surface area (Å²) in [5, 5.41) is 2.64. The smallest absolute Gasteiger partial charge is 0.248 e. The number of sulfone groups is 1. The van der Waals surface area contributed by atoms with E-state index in [2.05, 4.69) is 5.32 Å². The summed E-state index contributed by atoms with van der Waals surface area (Å²) in [5.41, 5.74) is 2.09. The molecule has 0 spiro atoms. The first-order valence-electron chi connectivity index (χ1n) is 8.52. The standard InChI is InChI=1S/C20H20N2O4S/c1-27(25,26)18-5-2-4-16(14-18)21-19(23)12-9-15-7-10-17(11-8-15)22-13-3-6-20(22)24/h2,4-5,7-12,14H,3,6,13H2,1H3,(H,21,23)/b12-9+. The van der Waals surface area contributed by atoms with Gasteiger partial charge in [-0.15, -0.1) is 0 Å². The lowest BCUT2D eigenvalue weighted by Gasteiger charge is -2.15. The third-order valence-corrected chi connectivity index (χ3v) is 5.35. The minimum absolute atomic E-state index is 0.133. The molecule has 1 fully saturated rings. The highest BCUT2D eigenvalue weighted by molar-refractivity contribution is 7.90. The van der Waals surface area contributed by atoms with Gasteiger partial charge in [0.2, 0.25) is 11.8 Å². The molecule has 2 amide bonds. The molecule has 2 aromatic carbocycles. The predicted molar refractivity (Wildman–Crippen MR) is 105 cm³/mol. The second-order valence-electron chi connectivity index (χ2n) is 6.36. The Hall–Kier alpha value is -2.93. The van der Waals surface area contributed by atoms with Crippen LogP contribution in [0.5, 0.6) is 0 Å². The zero-order valence-corrected chi connectivity index (χ0v) is 15.7. The van der Waals surface area contributed by atoms with Crippen molar-refractivity contribution < 1.29 is 18.0 Å². The maximum atomic E-state index is 12.1. The van der Waals surface area contributed by atoms with Gasteiger partial charge in [0.1, 0.15) is 0 Å². The normalized spacial score (nSPS) is 14.7. The summed E-state index contributed by atoms with van der Waals surface area (Å²) in [6.07, 6.45) is 5.62. The van der Waals surface area contributed by atoms with Crippen LogP contribution in [-0.4, -0.2) is 33.0 Å². The van der Waals surface area contributed by atoms with Gasteiger partial charge in [0.05, 0.1) is 4.90 Å². The van der Waals surface area contributed by atoms with Crippen molar-refractivity contribution in [3.05, 3.63) is 60.2 Å². The number of carbonyl (C=O) groups excluding carboxylic acids is 2. The van der Waals surface area contributed by atoms with E-state index in [0.29, 0.717) is 12.1 Å². The summed E-state index contributed by atoms with van der Waals surface area (Å²) in [5.74, 6) is -0.228. The van der Waals surface area contributed by atoms with Crippen LogP contribution in [0.25, 0.3) is 6.08 Å². The number of hydrogen-bond acceptors (Lipinski definition) is 4. The van der Waals surface area contributed by atoms with Crippen molar-refractivity contribution >= 4 is 39.1 Å². The predicted octanol–water partition coefficient (Wildman–Crippen LogP) is 2.87. The molecule has 2 aromatic rings. The van der Waals surface area contributed by atoms with Crippen molar-refractivity contribution in [1.82, 2.24) is 0 Å². The van der Waals surface area contributed by atoms with Crippen LogP contribution in [0, 0.1) is 0 Å². The molecule has 1 aliphatic heterocycles. The molecule has 140 valence electrons. The Morgan fingerprint density at radius 1 is 1.15 bits per heavy atom. The van der Waals surface area contributed by atoms with E-state index in [-0.39, 0.29) is 16.7 Å². The summed E-state index contributed by atoms with van der Waals surface area (Å²) >= 11 is 0. The molecule has 7 heteroatoms. The highest BCUT2D eigenvalue weighted by Crippen LogP contribution is 2.22. The Balaban J connectivity index is 1.64. The zero-order valence-electron chi connectivity index (χ0n) is 14.9. The molecule has 1 saturated heterocycles. The van der Waals surface area contributed by atoms with Gasteiger partial charge in [-0.2, -0.15) is 0 Å². The molecular weight excluding hydrogens is 364 g/mol. The number of benzene rings is 2. The van der Waals surface area contributed by atoms with Gasteiger partial charge in [0.15, 0.2) is 9.84 Å². The molecule has 1 aliphatic rings. The lowest BCUT2D eigenvalue weighted by molar-refractivity contribution is -0.117. The third-order valence-electron chi connectivity index (χ3n) is 4.24. The first-order valence-corrected chi connectivity index (χ1v) is 10.4. The molecule has 0 radical (unpaired) electrons. The fourth-order valence-corrected chi connectivity index (χ4v) is 3.51. The van der Waals surface area contributed by atoms with Gasteiger partial charge in [0, 0.05) is 36.7 Å². The van der Waals surface area contributed by atoms with Gasteiger partial charge in [0.25, 0.3) is 0 Å². The minimum Gasteiger partial charge on any atom is -0.322 e. The van der Waals surface area contributed by atoms with Crippen LogP contribution in [0.4, 0.5) is 11.4 Å². The van der Waals surface area contributed by atoms with E-state index < -0.39 is 9.84 Å². The molecule has 0 saturated carbocycles. The lowest BCUT2D eigenvalue weighted by atomic mass is 10.2. The van der Waals surface area contributed by atoms with E-state index in [1.54, 1.807) is 23.1 Å². The third kappa shape index (κ3) is 4.83.